The van der Waals surface area contributed by atoms with E-state index >= 15 is 0 Å². The lowest BCUT2D eigenvalue weighted by molar-refractivity contribution is 0.101. The van der Waals surface area contributed by atoms with Crippen LogP contribution in [0.5, 0.6) is 5.75 Å². The Labute approximate surface area is 194 Å². The van der Waals surface area contributed by atoms with Gasteiger partial charge in [-0.2, -0.15) is 0 Å². The molecular weight excluding hydrogens is 468 g/mol. The molecule has 0 radical (unpaired) electrons. The van der Waals surface area contributed by atoms with Gasteiger partial charge in [-0.3, -0.25) is 9.59 Å². The van der Waals surface area contributed by atoms with Gasteiger partial charge in [0.15, 0.2) is 0 Å². The third-order valence-electron chi connectivity index (χ3n) is 4.91. The van der Waals surface area contributed by atoms with Gasteiger partial charge < -0.3 is 15.4 Å². The van der Waals surface area contributed by atoms with E-state index in [0.717, 1.165) is 16.5 Å². The van der Waals surface area contributed by atoms with Crippen LogP contribution in [0.4, 0.5) is 11.4 Å². The second kappa shape index (κ2) is 9.66. The molecule has 160 valence electrons. The molecule has 0 saturated heterocycles. The minimum absolute atomic E-state index is 0.249. The van der Waals surface area contributed by atoms with Crippen LogP contribution in [0.2, 0.25) is 0 Å². The number of carbonyl (C=O) groups is 2. The third-order valence-corrected chi connectivity index (χ3v) is 5.53. The molecule has 0 atom stereocenters. The number of nitrogens with one attached hydrogen (secondary N) is 2. The lowest BCUT2D eigenvalue weighted by atomic mass is 10.1. The molecule has 4 aromatic carbocycles. The van der Waals surface area contributed by atoms with Gasteiger partial charge in [0, 0.05) is 27.9 Å². The fourth-order valence-corrected chi connectivity index (χ4v) is 3.88. The van der Waals surface area contributed by atoms with Crippen molar-refractivity contribution in [1.29, 1.82) is 0 Å². The molecule has 2 amide bonds. The van der Waals surface area contributed by atoms with E-state index in [4.69, 9.17) is 4.74 Å². The van der Waals surface area contributed by atoms with Crippen molar-refractivity contribution >= 4 is 49.9 Å². The predicted octanol–water partition coefficient (Wildman–Crippen LogP) is 6.51. The smallest absolute Gasteiger partial charge is 0.255 e. The molecule has 6 heteroatoms. The first-order chi connectivity index (χ1) is 15.5. The molecular formula is C26H21BrN2O3. The number of amides is 2. The maximum atomic E-state index is 12.9. The highest BCUT2D eigenvalue weighted by Crippen LogP contribution is 2.27. The zero-order valence-corrected chi connectivity index (χ0v) is 19.0. The number of hydrogen-bond donors (Lipinski definition) is 2. The van der Waals surface area contributed by atoms with E-state index < -0.39 is 0 Å². The highest BCUT2D eigenvalue weighted by Gasteiger charge is 2.12. The summed E-state index contributed by atoms with van der Waals surface area (Å²) >= 11 is 3.42. The number of benzene rings is 4. The molecule has 0 aromatic heterocycles. The first kappa shape index (κ1) is 21.6. The van der Waals surface area contributed by atoms with Gasteiger partial charge in [-0.15, -0.1) is 0 Å². The second-order valence-corrected chi connectivity index (χ2v) is 7.95. The molecule has 0 heterocycles. The van der Waals surface area contributed by atoms with Crippen molar-refractivity contribution in [3.05, 3.63) is 101 Å². The summed E-state index contributed by atoms with van der Waals surface area (Å²) in [6.07, 6.45) is 0. The topological polar surface area (TPSA) is 67.4 Å². The van der Waals surface area contributed by atoms with Crippen molar-refractivity contribution in [2.45, 2.75) is 6.92 Å². The lowest BCUT2D eigenvalue weighted by Gasteiger charge is -2.11. The van der Waals surface area contributed by atoms with Crippen LogP contribution in [0.3, 0.4) is 0 Å². The van der Waals surface area contributed by atoms with Crippen LogP contribution in [0.1, 0.15) is 27.6 Å². The zero-order chi connectivity index (χ0) is 22.5. The Kier molecular flexibility index (Phi) is 6.52. The number of anilines is 2. The Bertz CT molecular complexity index is 1300. The summed E-state index contributed by atoms with van der Waals surface area (Å²) in [6, 6.07) is 25.6. The SMILES string of the molecule is CCOc1ccc(C(=O)Nc2cccc(C(=O)Nc3cccc4ccccc34)c2)cc1Br. The molecule has 4 rings (SSSR count). The molecule has 0 saturated carbocycles. The number of halogens is 1. The quantitative estimate of drug-likeness (QED) is 0.325. The average Bonchev–Trinajstić information content (AvgIpc) is 2.81. The molecule has 0 bridgehead atoms. The van der Waals surface area contributed by atoms with Crippen LogP contribution < -0.4 is 15.4 Å². The fraction of sp³-hybridized carbons (Fsp3) is 0.0769. The number of hydrogen-bond acceptors (Lipinski definition) is 3. The monoisotopic (exact) mass is 488 g/mol. The summed E-state index contributed by atoms with van der Waals surface area (Å²) in [5.41, 5.74) is 2.20. The standard InChI is InChI=1S/C26H21BrN2O3/c1-2-32-24-14-13-19(16-22(24)27)25(30)28-20-10-5-9-18(15-20)26(31)29-23-12-6-8-17-7-3-4-11-21(17)23/h3-16H,2H2,1H3,(H,28,30)(H,29,31). The molecule has 4 aromatic rings. The van der Waals surface area contributed by atoms with E-state index in [1.807, 2.05) is 49.4 Å². The molecule has 32 heavy (non-hydrogen) atoms. The van der Waals surface area contributed by atoms with Gasteiger partial charge in [-0.05, 0) is 70.7 Å². The van der Waals surface area contributed by atoms with Gasteiger partial charge >= 0.3 is 0 Å². The zero-order valence-electron chi connectivity index (χ0n) is 17.4. The fourth-order valence-electron chi connectivity index (χ4n) is 3.38. The first-order valence-electron chi connectivity index (χ1n) is 10.2. The largest absolute Gasteiger partial charge is 0.493 e. The molecule has 5 nitrogen and oxygen atoms in total. The Balaban J connectivity index is 1.50. The third kappa shape index (κ3) is 4.81. The maximum Gasteiger partial charge on any atom is 0.255 e. The minimum atomic E-state index is -0.277. The van der Waals surface area contributed by atoms with Crippen LogP contribution in [-0.2, 0) is 0 Å². The van der Waals surface area contributed by atoms with Crippen molar-refractivity contribution in [1.82, 2.24) is 0 Å². The van der Waals surface area contributed by atoms with Crippen LogP contribution >= 0.6 is 15.9 Å². The van der Waals surface area contributed by atoms with Gasteiger partial charge in [0.1, 0.15) is 5.75 Å². The number of fused-ring (bicyclic) bond motifs is 1. The predicted molar refractivity (Wildman–Crippen MR) is 132 cm³/mol. The number of carbonyl (C=O) groups excluding carboxylic acids is 2. The van der Waals surface area contributed by atoms with E-state index in [-0.39, 0.29) is 11.8 Å². The van der Waals surface area contributed by atoms with Crippen molar-refractivity contribution < 1.29 is 14.3 Å². The van der Waals surface area contributed by atoms with E-state index in [2.05, 4.69) is 26.6 Å². The van der Waals surface area contributed by atoms with Crippen molar-refractivity contribution in [2.24, 2.45) is 0 Å². The minimum Gasteiger partial charge on any atom is -0.493 e. The van der Waals surface area contributed by atoms with E-state index in [1.54, 1.807) is 42.5 Å². The Hall–Kier alpha value is -3.64. The first-order valence-corrected chi connectivity index (χ1v) is 11.0. The van der Waals surface area contributed by atoms with Gasteiger partial charge in [0.05, 0.1) is 11.1 Å². The van der Waals surface area contributed by atoms with Crippen molar-refractivity contribution in [3.63, 3.8) is 0 Å². The highest BCUT2D eigenvalue weighted by atomic mass is 79.9. The van der Waals surface area contributed by atoms with Crippen molar-refractivity contribution in [2.75, 3.05) is 17.2 Å². The van der Waals surface area contributed by atoms with Crippen LogP contribution in [-0.4, -0.2) is 18.4 Å². The molecule has 0 fully saturated rings. The molecule has 0 aliphatic carbocycles. The Morgan fingerprint density at radius 3 is 2.34 bits per heavy atom. The summed E-state index contributed by atoms with van der Waals surface area (Å²) in [5, 5.41) is 7.83. The second-order valence-electron chi connectivity index (χ2n) is 7.09. The summed E-state index contributed by atoms with van der Waals surface area (Å²) < 4.78 is 6.19. The summed E-state index contributed by atoms with van der Waals surface area (Å²) in [6.45, 7) is 2.44. The summed E-state index contributed by atoms with van der Waals surface area (Å²) in [7, 11) is 0. The number of ether oxygens (including phenoxy) is 1. The van der Waals surface area contributed by atoms with Gasteiger partial charge in [-0.1, -0.05) is 42.5 Å². The Morgan fingerprint density at radius 2 is 1.53 bits per heavy atom. The highest BCUT2D eigenvalue weighted by molar-refractivity contribution is 9.10. The lowest BCUT2D eigenvalue weighted by Crippen LogP contribution is -2.15. The van der Waals surface area contributed by atoms with Gasteiger partial charge in [0.25, 0.3) is 11.8 Å². The Morgan fingerprint density at radius 1 is 0.812 bits per heavy atom. The molecule has 2 N–H and O–H groups in total. The summed E-state index contributed by atoms with van der Waals surface area (Å²) in [4.78, 5) is 25.5. The van der Waals surface area contributed by atoms with Crippen molar-refractivity contribution in [3.8, 4) is 5.75 Å². The van der Waals surface area contributed by atoms with Crippen LogP contribution in [0.25, 0.3) is 10.8 Å². The molecule has 0 aliphatic heterocycles. The van der Waals surface area contributed by atoms with E-state index in [9.17, 15) is 9.59 Å². The molecule has 0 spiro atoms. The molecule has 0 aliphatic rings. The van der Waals surface area contributed by atoms with E-state index in [0.29, 0.717) is 33.6 Å². The maximum absolute atomic E-state index is 12.9. The van der Waals surface area contributed by atoms with Gasteiger partial charge in [-0.25, -0.2) is 0 Å². The average molecular weight is 489 g/mol. The van der Waals surface area contributed by atoms with E-state index in [1.165, 1.54) is 0 Å². The molecule has 0 unspecified atom stereocenters. The number of rotatable bonds is 6. The van der Waals surface area contributed by atoms with Gasteiger partial charge in [0.2, 0.25) is 0 Å². The summed E-state index contributed by atoms with van der Waals surface area (Å²) in [5.74, 6) is 0.151. The normalized spacial score (nSPS) is 10.6. The van der Waals surface area contributed by atoms with Crippen LogP contribution in [0, 0.1) is 0 Å². The van der Waals surface area contributed by atoms with Crippen LogP contribution in [0.15, 0.2) is 89.4 Å².